The van der Waals surface area contributed by atoms with Gasteiger partial charge in [0.25, 0.3) is 0 Å². The van der Waals surface area contributed by atoms with Crippen LogP contribution in [0.2, 0.25) is 0 Å². The summed E-state index contributed by atoms with van der Waals surface area (Å²) in [6.07, 6.45) is 4.21. The third-order valence-electron chi connectivity index (χ3n) is 3.77. The van der Waals surface area contributed by atoms with Crippen LogP contribution >= 0.6 is 0 Å². The molecular weight excluding hydrogens is 234 g/mol. The van der Waals surface area contributed by atoms with Crippen LogP contribution in [0.1, 0.15) is 38.2 Å². The average molecular weight is 254 g/mol. The lowest BCUT2D eigenvalue weighted by atomic mass is 9.98. The van der Waals surface area contributed by atoms with Gasteiger partial charge in [0.2, 0.25) is 0 Å². The van der Waals surface area contributed by atoms with E-state index in [-0.39, 0.29) is 12.1 Å². The summed E-state index contributed by atoms with van der Waals surface area (Å²) in [6.45, 7) is 2.92. The highest BCUT2D eigenvalue weighted by atomic mass is 19.2. The number of hydrogen-bond donors (Lipinski definition) is 1. The Kier molecular flexibility index (Phi) is 4.17. The summed E-state index contributed by atoms with van der Waals surface area (Å²) >= 11 is 0. The first-order valence-electron chi connectivity index (χ1n) is 6.62. The molecule has 1 saturated heterocycles. The van der Waals surface area contributed by atoms with Gasteiger partial charge in [-0.3, -0.25) is 0 Å². The van der Waals surface area contributed by atoms with E-state index in [1.807, 2.05) is 4.90 Å². The largest absolute Gasteiger partial charge is 0.366 e. The van der Waals surface area contributed by atoms with Crippen LogP contribution in [0.25, 0.3) is 0 Å². The second-order valence-electron chi connectivity index (χ2n) is 4.83. The van der Waals surface area contributed by atoms with E-state index >= 15 is 0 Å². The van der Waals surface area contributed by atoms with Gasteiger partial charge in [0.05, 0.1) is 5.69 Å². The Balaban J connectivity index is 2.35. The van der Waals surface area contributed by atoms with Crippen molar-refractivity contribution in [1.82, 2.24) is 0 Å². The lowest BCUT2D eigenvalue weighted by molar-refractivity contribution is 0.434. The molecule has 0 aliphatic carbocycles. The molecule has 0 amide bonds. The Morgan fingerprint density at radius 2 is 2.06 bits per heavy atom. The predicted octanol–water partition coefficient (Wildman–Crippen LogP) is 3.19. The minimum absolute atomic E-state index is 0.0280. The molecule has 0 aromatic heterocycles. The fourth-order valence-corrected chi connectivity index (χ4v) is 2.70. The lowest BCUT2D eigenvalue weighted by Crippen LogP contribution is -2.39. The van der Waals surface area contributed by atoms with E-state index in [0.29, 0.717) is 11.7 Å². The van der Waals surface area contributed by atoms with Crippen molar-refractivity contribution in [3.63, 3.8) is 0 Å². The zero-order chi connectivity index (χ0) is 13.1. The zero-order valence-corrected chi connectivity index (χ0v) is 10.8. The maximum atomic E-state index is 14.1. The van der Waals surface area contributed by atoms with Crippen LogP contribution in [0.3, 0.4) is 0 Å². The average Bonchev–Trinajstić information content (AvgIpc) is 2.42. The number of anilines is 1. The van der Waals surface area contributed by atoms with Gasteiger partial charge in [-0.15, -0.1) is 0 Å². The molecule has 0 radical (unpaired) electrons. The molecule has 1 atom stereocenters. The van der Waals surface area contributed by atoms with Crippen LogP contribution in [-0.4, -0.2) is 12.6 Å². The Morgan fingerprint density at radius 3 is 2.72 bits per heavy atom. The smallest absolute Gasteiger partial charge is 0.182 e. The summed E-state index contributed by atoms with van der Waals surface area (Å²) in [5.74, 6) is -1.55. The molecule has 1 aliphatic rings. The minimum Gasteiger partial charge on any atom is -0.366 e. The van der Waals surface area contributed by atoms with Crippen LogP contribution < -0.4 is 10.6 Å². The summed E-state index contributed by atoms with van der Waals surface area (Å²) in [5.41, 5.74) is 6.00. The Hall–Kier alpha value is -1.16. The van der Waals surface area contributed by atoms with E-state index in [0.717, 1.165) is 25.8 Å². The Morgan fingerprint density at radius 1 is 1.28 bits per heavy atom. The molecule has 18 heavy (non-hydrogen) atoms. The molecule has 4 heteroatoms. The maximum Gasteiger partial charge on any atom is 0.182 e. The summed E-state index contributed by atoms with van der Waals surface area (Å²) in [6, 6.07) is 3.57. The van der Waals surface area contributed by atoms with E-state index in [1.165, 1.54) is 6.42 Å². The van der Waals surface area contributed by atoms with E-state index in [4.69, 9.17) is 5.73 Å². The highest BCUT2D eigenvalue weighted by Crippen LogP contribution is 2.30. The van der Waals surface area contributed by atoms with Crippen LogP contribution in [-0.2, 0) is 6.54 Å². The first-order valence-corrected chi connectivity index (χ1v) is 6.62. The number of benzene rings is 1. The number of halogens is 2. The molecular formula is C14H20F2N2. The van der Waals surface area contributed by atoms with Crippen molar-refractivity contribution in [1.29, 1.82) is 0 Å². The molecule has 2 N–H and O–H groups in total. The first-order chi connectivity index (χ1) is 8.69. The molecule has 100 valence electrons. The van der Waals surface area contributed by atoms with E-state index < -0.39 is 11.6 Å². The molecule has 1 heterocycles. The van der Waals surface area contributed by atoms with Crippen molar-refractivity contribution in [3.8, 4) is 0 Å². The number of piperidine rings is 1. The zero-order valence-electron chi connectivity index (χ0n) is 10.8. The molecule has 1 unspecified atom stereocenters. The summed E-state index contributed by atoms with van der Waals surface area (Å²) in [7, 11) is 0. The highest BCUT2D eigenvalue weighted by molar-refractivity contribution is 5.51. The standard InChI is InChI=1S/C14H20F2N2/c1-2-11-5-3-4-8-18(11)12-7-6-10(9-17)13(15)14(12)16/h6-7,11H,2-5,8-9,17H2,1H3. The Labute approximate surface area is 107 Å². The molecule has 1 aromatic rings. The quantitative estimate of drug-likeness (QED) is 0.897. The van der Waals surface area contributed by atoms with Crippen molar-refractivity contribution in [2.24, 2.45) is 5.73 Å². The molecule has 1 aromatic carbocycles. The SMILES string of the molecule is CCC1CCCCN1c1ccc(CN)c(F)c1F. The van der Waals surface area contributed by atoms with Crippen LogP contribution in [0.4, 0.5) is 14.5 Å². The molecule has 1 fully saturated rings. The monoisotopic (exact) mass is 254 g/mol. The normalized spacial score (nSPS) is 20.2. The molecule has 0 spiro atoms. The van der Waals surface area contributed by atoms with Gasteiger partial charge in [0, 0.05) is 24.7 Å². The summed E-state index contributed by atoms with van der Waals surface area (Å²) < 4.78 is 27.8. The topological polar surface area (TPSA) is 29.3 Å². The summed E-state index contributed by atoms with van der Waals surface area (Å²) in [4.78, 5) is 2.00. The van der Waals surface area contributed by atoms with Crippen LogP contribution in [0.15, 0.2) is 12.1 Å². The first kappa shape index (κ1) is 13.3. The predicted molar refractivity (Wildman–Crippen MR) is 69.5 cm³/mol. The van der Waals surface area contributed by atoms with E-state index in [9.17, 15) is 8.78 Å². The molecule has 2 rings (SSSR count). The molecule has 1 aliphatic heterocycles. The lowest BCUT2D eigenvalue weighted by Gasteiger charge is -2.37. The minimum atomic E-state index is -0.796. The number of nitrogens with two attached hydrogens (primary N) is 1. The van der Waals surface area contributed by atoms with Gasteiger partial charge >= 0.3 is 0 Å². The van der Waals surface area contributed by atoms with Crippen molar-refractivity contribution in [3.05, 3.63) is 29.3 Å². The third kappa shape index (κ3) is 2.34. The number of rotatable bonds is 3. The van der Waals surface area contributed by atoms with Gasteiger partial charge in [-0.25, -0.2) is 8.78 Å². The second kappa shape index (κ2) is 5.65. The van der Waals surface area contributed by atoms with Crippen LogP contribution in [0, 0.1) is 11.6 Å². The van der Waals surface area contributed by atoms with Gasteiger partial charge in [0.1, 0.15) is 0 Å². The van der Waals surface area contributed by atoms with Gasteiger partial charge in [-0.1, -0.05) is 13.0 Å². The highest BCUT2D eigenvalue weighted by Gasteiger charge is 2.25. The third-order valence-corrected chi connectivity index (χ3v) is 3.77. The van der Waals surface area contributed by atoms with Gasteiger partial charge < -0.3 is 10.6 Å². The van der Waals surface area contributed by atoms with E-state index in [1.54, 1.807) is 12.1 Å². The number of nitrogens with zero attached hydrogens (tertiary/aromatic N) is 1. The van der Waals surface area contributed by atoms with E-state index in [2.05, 4.69) is 6.92 Å². The second-order valence-corrected chi connectivity index (χ2v) is 4.83. The Bertz CT molecular complexity index is 421. The molecule has 0 bridgehead atoms. The van der Waals surface area contributed by atoms with Gasteiger partial charge in [-0.05, 0) is 31.7 Å². The van der Waals surface area contributed by atoms with Crippen molar-refractivity contribution < 1.29 is 8.78 Å². The van der Waals surface area contributed by atoms with Gasteiger partial charge in [-0.2, -0.15) is 0 Å². The number of hydrogen-bond acceptors (Lipinski definition) is 2. The van der Waals surface area contributed by atoms with Gasteiger partial charge in [0.15, 0.2) is 11.6 Å². The molecule has 0 saturated carbocycles. The maximum absolute atomic E-state index is 14.1. The van der Waals surface area contributed by atoms with Crippen molar-refractivity contribution >= 4 is 5.69 Å². The fourth-order valence-electron chi connectivity index (χ4n) is 2.70. The van der Waals surface area contributed by atoms with Crippen LogP contribution in [0.5, 0.6) is 0 Å². The molecule has 2 nitrogen and oxygen atoms in total. The van der Waals surface area contributed by atoms with Crippen molar-refractivity contribution in [2.75, 3.05) is 11.4 Å². The summed E-state index contributed by atoms with van der Waals surface area (Å²) in [5, 5.41) is 0. The fraction of sp³-hybridized carbons (Fsp3) is 0.571. The van der Waals surface area contributed by atoms with Crippen molar-refractivity contribution in [2.45, 2.75) is 45.2 Å².